The summed E-state index contributed by atoms with van der Waals surface area (Å²) in [6.07, 6.45) is 2.25. The van der Waals surface area contributed by atoms with Gasteiger partial charge in [0, 0.05) is 13.1 Å². The molecule has 2 heterocycles. The smallest absolute Gasteiger partial charge is 0.0639 e. The van der Waals surface area contributed by atoms with Crippen molar-refractivity contribution in [2.24, 2.45) is 5.73 Å². The van der Waals surface area contributed by atoms with Crippen molar-refractivity contribution in [3.63, 3.8) is 0 Å². The first kappa shape index (κ1) is 7.55. The summed E-state index contributed by atoms with van der Waals surface area (Å²) in [5.74, 6) is 0. The highest BCUT2D eigenvalue weighted by atomic mass is 14.9. The van der Waals surface area contributed by atoms with Gasteiger partial charge in [0.25, 0.3) is 0 Å². The van der Waals surface area contributed by atoms with E-state index in [-0.39, 0.29) is 0 Å². The van der Waals surface area contributed by atoms with Crippen molar-refractivity contribution in [3.8, 4) is 0 Å². The third-order valence-corrected chi connectivity index (χ3v) is 2.15. The highest BCUT2D eigenvalue weighted by Crippen LogP contribution is 2.19. The Hall–Kier alpha value is -1.09. The van der Waals surface area contributed by atoms with E-state index < -0.39 is 0 Å². The van der Waals surface area contributed by atoms with Crippen molar-refractivity contribution < 1.29 is 0 Å². The third-order valence-electron chi connectivity index (χ3n) is 2.15. The van der Waals surface area contributed by atoms with Crippen molar-refractivity contribution in [2.75, 3.05) is 11.9 Å². The number of pyridine rings is 1. The molecule has 3 heteroatoms. The van der Waals surface area contributed by atoms with Crippen LogP contribution in [0.5, 0.6) is 0 Å². The van der Waals surface area contributed by atoms with Crippen LogP contribution in [-0.2, 0) is 13.0 Å². The summed E-state index contributed by atoms with van der Waals surface area (Å²) in [6.45, 7) is 1.60. The maximum Gasteiger partial charge on any atom is 0.0639 e. The lowest BCUT2D eigenvalue weighted by Crippen LogP contribution is -2.14. The average Bonchev–Trinajstić information content (AvgIpc) is 2.17. The molecular formula is C9H13N3. The number of hydrogen-bond donors (Lipinski definition) is 2. The second-order valence-corrected chi connectivity index (χ2v) is 3.03. The molecule has 0 aliphatic carbocycles. The molecule has 0 spiro atoms. The van der Waals surface area contributed by atoms with E-state index in [2.05, 4.69) is 16.4 Å². The minimum Gasteiger partial charge on any atom is -0.384 e. The Morgan fingerprint density at radius 1 is 1.50 bits per heavy atom. The first-order chi connectivity index (χ1) is 5.90. The minimum absolute atomic E-state index is 0.535. The van der Waals surface area contributed by atoms with Crippen LogP contribution >= 0.6 is 0 Å². The van der Waals surface area contributed by atoms with Gasteiger partial charge < -0.3 is 11.1 Å². The number of aromatic nitrogens is 1. The number of aryl methyl sites for hydroxylation is 1. The van der Waals surface area contributed by atoms with E-state index in [1.54, 1.807) is 0 Å². The van der Waals surface area contributed by atoms with E-state index in [0.717, 1.165) is 18.7 Å². The monoisotopic (exact) mass is 163 g/mol. The lowest BCUT2D eigenvalue weighted by molar-refractivity contribution is 0.789. The van der Waals surface area contributed by atoms with Gasteiger partial charge in [0.2, 0.25) is 0 Å². The molecule has 1 aliphatic rings. The van der Waals surface area contributed by atoms with Gasteiger partial charge in [0.15, 0.2) is 0 Å². The molecule has 0 unspecified atom stereocenters. The zero-order valence-electron chi connectivity index (χ0n) is 7.01. The first-order valence-electron chi connectivity index (χ1n) is 4.33. The van der Waals surface area contributed by atoms with Crippen molar-refractivity contribution in [1.82, 2.24) is 4.98 Å². The number of rotatable bonds is 1. The Morgan fingerprint density at radius 3 is 3.25 bits per heavy atom. The van der Waals surface area contributed by atoms with Crippen LogP contribution in [0.4, 0.5) is 5.69 Å². The summed E-state index contributed by atoms with van der Waals surface area (Å²) < 4.78 is 0. The molecule has 0 aromatic carbocycles. The molecule has 0 amide bonds. The quantitative estimate of drug-likeness (QED) is 0.646. The average molecular weight is 163 g/mol. The van der Waals surface area contributed by atoms with Crippen molar-refractivity contribution >= 4 is 5.69 Å². The van der Waals surface area contributed by atoms with Gasteiger partial charge in [-0.3, -0.25) is 4.98 Å². The molecule has 0 fully saturated rings. The van der Waals surface area contributed by atoms with Gasteiger partial charge in [0.05, 0.1) is 17.1 Å². The molecule has 2 rings (SSSR count). The number of anilines is 1. The Labute approximate surface area is 72.0 Å². The fourth-order valence-corrected chi connectivity index (χ4v) is 1.49. The summed E-state index contributed by atoms with van der Waals surface area (Å²) in [7, 11) is 0. The highest BCUT2D eigenvalue weighted by molar-refractivity contribution is 5.50. The summed E-state index contributed by atoms with van der Waals surface area (Å²) in [6, 6.07) is 4.06. The van der Waals surface area contributed by atoms with Crippen LogP contribution in [0.3, 0.4) is 0 Å². The van der Waals surface area contributed by atoms with Gasteiger partial charge in [-0.25, -0.2) is 0 Å². The molecule has 1 aromatic heterocycles. The largest absolute Gasteiger partial charge is 0.384 e. The van der Waals surface area contributed by atoms with Gasteiger partial charge >= 0.3 is 0 Å². The zero-order valence-corrected chi connectivity index (χ0v) is 7.01. The van der Waals surface area contributed by atoms with Gasteiger partial charge in [0.1, 0.15) is 0 Å². The van der Waals surface area contributed by atoms with E-state index in [9.17, 15) is 0 Å². The number of hydrogen-bond acceptors (Lipinski definition) is 3. The highest BCUT2D eigenvalue weighted by Gasteiger charge is 2.09. The molecule has 1 aromatic rings. The molecule has 3 N–H and O–H groups in total. The molecule has 0 saturated carbocycles. The van der Waals surface area contributed by atoms with Crippen LogP contribution in [0.2, 0.25) is 0 Å². The van der Waals surface area contributed by atoms with Crippen LogP contribution in [0.1, 0.15) is 17.8 Å². The lowest BCUT2D eigenvalue weighted by Gasteiger charge is -2.17. The van der Waals surface area contributed by atoms with Gasteiger partial charge in [-0.15, -0.1) is 0 Å². The molecular weight excluding hydrogens is 150 g/mol. The van der Waals surface area contributed by atoms with Gasteiger partial charge in [-0.1, -0.05) is 0 Å². The van der Waals surface area contributed by atoms with E-state index in [0.29, 0.717) is 6.54 Å². The van der Waals surface area contributed by atoms with E-state index in [1.807, 2.05) is 6.07 Å². The molecule has 64 valence electrons. The second-order valence-electron chi connectivity index (χ2n) is 3.03. The van der Waals surface area contributed by atoms with Crippen LogP contribution in [0.25, 0.3) is 0 Å². The van der Waals surface area contributed by atoms with Crippen molar-refractivity contribution in [1.29, 1.82) is 0 Å². The maximum absolute atomic E-state index is 5.50. The second kappa shape index (κ2) is 3.11. The summed E-state index contributed by atoms with van der Waals surface area (Å²) in [4.78, 5) is 4.44. The molecule has 0 radical (unpaired) electrons. The van der Waals surface area contributed by atoms with E-state index in [1.165, 1.54) is 17.8 Å². The first-order valence-corrected chi connectivity index (χ1v) is 4.33. The number of nitrogens with one attached hydrogen (secondary N) is 1. The van der Waals surface area contributed by atoms with Crippen LogP contribution in [-0.4, -0.2) is 11.5 Å². The molecule has 3 nitrogen and oxygen atoms in total. The van der Waals surface area contributed by atoms with Crippen LogP contribution < -0.4 is 11.1 Å². The fourth-order valence-electron chi connectivity index (χ4n) is 1.49. The van der Waals surface area contributed by atoms with Crippen LogP contribution in [0, 0.1) is 0 Å². The fraction of sp³-hybridized carbons (Fsp3) is 0.444. The summed E-state index contributed by atoms with van der Waals surface area (Å²) in [5.41, 5.74) is 8.83. The number of nitrogens with zero attached hydrogens (tertiary/aromatic N) is 1. The zero-order chi connectivity index (χ0) is 8.39. The molecule has 12 heavy (non-hydrogen) atoms. The minimum atomic E-state index is 0.535. The molecule has 1 aliphatic heterocycles. The Balaban J connectivity index is 2.36. The van der Waals surface area contributed by atoms with E-state index in [4.69, 9.17) is 5.73 Å². The predicted octanol–water partition coefficient (Wildman–Crippen LogP) is 0.898. The summed E-state index contributed by atoms with van der Waals surface area (Å²) >= 11 is 0. The predicted molar refractivity (Wildman–Crippen MR) is 48.9 cm³/mol. The van der Waals surface area contributed by atoms with Gasteiger partial charge in [-0.05, 0) is 25.0 Å². The SMILES string of the molecule is NCc1ccc2c(n1)CCCN2. The number of nitrogens with two attached hydrogens (primary N) is 1. The lowest BCUT2D eigenvalue weighted by atomic mass is 10.1. The third kappa shape index (κ3) is 1.28. The topological polar surface area (TPSA) is 50.9 Å². The Morgan fingerprint density at radius 2 is 2.42 bits per heavy atom. The number of fused-ring (bicyclic) bond motifs is 1. The molecule has 0 atom stereocenters. The summed E-state index contributed by atoms with van der Waals surface area (Å²) in [5, 5.41) is 3.31. The Kier molecular flexibility index (Phi) is 1.96. The normalized spacial score (nSPS) is 15.1. The molecule has 0 saturated heterocycles. The van der Waals surface area contributed by atoms with E-state index >= 15 is 0 Å². The standard InChI is InChI=1S/C9H13N3/c10-6-7-3-4-8-9(12-7)2-1-5-11-8/h3-4,11H,1-2,5-6,10H2. The van der Waals surface area contributed by atoms with Crippen LogP contribution in [0.15, 0.2) is 12.1 Å². The van der Waals surface area contributed by atoms with Crippen molar-refractivity contribution in [2.45, 2.75) is 19.4 Å². The molecule has 0 bridgehead atoms. The maximum atomic E-state index is 5.50. The van der Waals surface area contributed by atoms with Gasteiger partial charge in [-0.2, -0.15) is 0 Å². The Bertz CT molecular complexity index is 283. The van der Waals surface area contributed by atoms with Crippen molar-refractivity contribution in [3.05, 3.63) is 23.5 Å².